The van der Waals surface area contributed by atoms with E-state index in [9.17, 15) is 0 Å². The summed E-state index contributed by atoms with van der Waals surface area (Å²) >= 11 is 6.12. The van der Waals surface area contributed by atoms with Crippen LogP contribution in [0.1, 0.15) is 25.8 Å². The summed E-state index contributed by atoms with van der Waals surface area (Å²) in [5, 5.41) is 0.768. The van der Waals surface area contributed by atoms with Crippen LogP contribution in [-0.4, -0.2) is 13.1 Å². The van der Waals surface area contributed by atoms with Crippen molar-refractivity contribution >= 4 is 17.3 Å². The van der Waals surface area contributed by atoms with Crippen molar-refractivity contribution < 1.29 is 0 Å². The van der Waals surface area contributed by atoms with Gasteiger partial charge in [0.15, 0.2) is 0 Å². The van der Waals surface area contributed by atoms with Gasteiger partial charge in [-0.15, -0.1) is 0 Å². The number of anilines is 1. The monoisotopic (exact) mass is 226 g/mol. The van der Waals surface area contributed by atoms with E-state index < -0.39 is 0 Å². The van der Waals surface area contributed by atoms with Gasteiger partial charge in [-0.3, -0.25) is 0 Å². The molecule has 3 heteroatoms. The normalized spacial score (nSPS) is 10.4. The molecule has 0 aliphatic rings. The number of rotatable bonds is 5. The molecule has 0 bridgehead atoms. The van der Waals surface area contributed by atoms with E-state index in [1.807, 2.05) is 12.1 Å². The second-order valence-corrected chi connectivity index (χ2v) is 3.97. The van der Waals surface area contributed by atoms with Crippen molar-refractivity contribution in [1.29, 1.82) is 0 Å². The number of nitrogens with zero attached hydrogens (tertiary/aromatic N) is 1. The maximum Gasteiger partial charge on any atom is 0.0471 e. The lowest BCUT2D eigenvalue weighted by Crippen LogP contribution is -2.23. The lowest BCUT2D eigenvalue weighted by atomic mass is 10.2. The fourth-order valence-corrected chi connectivity index (χ4v) is 1.89. The smallest absolute Gasteiger partial charge is 0.0471 e. The zero-order valence-corrected chi connectivity index (χ0v) is 10.2. The van der Waals surface area contributed by atoms with Gasteiger partial charge in [0.2, 0.25) is 0 Å². The molecule has 0 atom stereocenters. The van der Waals surface area contributed by atoms with E-state index in [1.54, 1.807) is 0 Å². The molecule has 84 valence electrons. The Kier molecular flexibility index (Phi) is 4.92. The molecule has 15 heavy (non-hydrogen) atoms. The topological polar surface area (TPSA) is 29.3 Å². The highest BCUT2D eigenvalue weighted by atomic mass is 35.5. The van der Waals surface area contributed by atoms with Crippen LogP contribution in [0.25, 0.3) is 0 Å². The molecule has 0 aromatic heterocycles. The number of halogens is 1. The van der Waals surface area contributed by atoms with E-state index >= 15 is 0 Å². The molecule has 1 rings (SSSR count). The Balaban J connectivity index is 2.89. The van der Waals surface area contributed by atoms with Crippen molar-refractivity contribution in [3.05, 3.63) is 28.8 Å². The number of nitrogens with two attached hydrogens (primary N) is 1. The van der Waals surface area contributed by atoms with Crippen LogP contribution in [0.15, 0.2) is 18.2 Å². The molecule has 0 spiro atoms. The van der Waals surface area contributed by atoms with E-state index in [1.165, 1.54) is 5.69 Å². The quantitative estimate of drug-likeness (QED) is 0.836. The predicted molar refractivity (Wildman–Crippen MR) is 67.5 cm³/mol. The highest BCUT2D eigenvalue weighted by Crippen LogP contribution is 2.23. The molecular formula is C12H19ClN2. The molecule has 0 amide bonds. The van der Waals surface area contributed by atoms with Crippen LogP contribution in [0.3, 0.4) is 0 Å². The summed E-state index contributed by atoms with van der Waals surface area (Å²) < 4.78 is 0. The van der Waals surface area contributed by atoms with Crippen molar-refractivity contribution in [2.24, 2.45) is 5.73 Å². The van der Waals surface area contributed by atoms with Gasteiger partial charge in [0.25, 0.3) is 0 Å². The van der Waals surface area contributed by atoms with Crippen molar-refractivity contribution in [2.75, 3.05) is 18.0 Å². The van der Waals surface area contributed by atoms with Gasteiger partial charge in [-0.05, 0) is 31.0 Å². The summed E-state index contributed by atoms with van der Waals surface area (Å²) in [6.07, 6.45) is 1.14. The SMILES string of the molecule is CCCN(CC)c1ccc(CN)c(Cl)c1. The Bertz CT molecular complexity index is 312. The molecular weight excluding hydrogens is 208 g/mol. The van der Waals surface area contributed by atoms with Crippen LogP contribution < -0.4 is 10.6 Å². The van der Waals surface area contributed by atoms with Crippen molar-refractivity contribution in [3.63, 3.8) is 0 Å². The first kappa shape index (κ1) is 12.3. The summed E-state index contributed by atoms with van der Waals surface area (Å²) in [6.45, 7) is 6.90. The maximum atomic E-state index is 6.12. The van der Waals surface area contributed by atoms with Gasteiger partial charge in [0.1, 0.15) is 0 Å². The standard InChI is InChI=1S/C12H19ClN2/c1-3-7-15(4-2)11-6-5-10(9-14)12(13)8-11/h5-6,8H,3-4,7,9,14H2,1-2H3. The van der Waals surface area contributed by atoms with Crippen LogP contribution in [0, 0.1) is 0 Å². The minimum absolute atomic E-state index is 0.499. The third kappa shape index (κ3) is 3.11. The minimum Gasteiger partial charge on any atom is -0.372 e. The summed E-state index contributed by atoms with van der Waals surface area (Å²) in [5.41, 5.74) is 7.76. The summed E-state index contributed by atoms with van der Waals surface area (Å²) in [7, 11) is 0. The molecule has 0 saturated carbocycles. The maximum absolute atomic E-state index is 6.12. The van der Waals surface area contributed by atoms with E-state index in [4.69, 9.17) is 17.3 Å². The van der Waals surface area contributed by atoms with Gasteiger partial charge in [0, 0.05) is 30.3 Å². The largest absolute Gasteiger partial charge is 0.372 e. The first-order chi connectivity index (χ1) is 7.22. The van der Waals surface area contributed by atoms with Gasteiger partial charge in [0.05, 0.1) is 0 Å². The van der Waals surface area contributed by atoms with Gasteiger partial charge in [-0.1, -0.05) is 24.6 Å². The van der Waals surface area contributed by atoms with Gasteiger partial charge in [-0.2, -0.15) is 0 Å². The summed E-state index contributed by atoms with van der Waals surface area (Å²) in [6, 6.07) is 6.10. The average Bonchev–Trinajstić information content (AvgIpc) is 2.25. The number of hydrogen-bond acceptors (Lipinski definition) is 2. The molecule has 0 unspecified atom stereocenters. The van der Waals surface area contributed by atoms with Crippen LogP contribution in [0.2, 0.25) is 5.02 Å². The van der Waals surface area contributed by atoms with Gasteiger partial charge >= 0.3 is 0 Å². The zero-order valence-electron chi connectivity index (χ0n) is 9.46. The first-order valence-corrected chi connectivity index (χ1v) is 5.84. The Morgan fingerprint density at radius 2 is 2.07 bits per heavy atom. The molecule has 0 fully saturated rings. The Morgan fingerprint density at radius 1 is 1.33 bits per heavy atom. The molecule has 2 nitrogen and oxygen atoms in total. The number of hydrogen-bond donors (Lipinski definition) is 1. The predicted octanol–water partition coefficient (Wildman–Crippen LogP) is 3.04. The fourth-order valence-electron chi connectivity index (χ4n) is 1.64. The lowest BCUT2D eigenvalue weighted by molar-refractivity contribution is 0.791. The second-order valence-electron chi connectivity index (χ2n) is 3.56. The fraction of sp³-hybridized carbons (Fsp3) is 0.500. The molecule has 1 aromatic rings. The van der Waals surface area contributed by atoms with Crippen molar-refractivity contribution in [2.45, 2.75) is 26.8 Å². The zero-order chi connectivity index (χ0) is 11.3. The van der Waals surface area contributed by atoms with E-state index in [0.717, 1.165) is 30.1 Å². The van der Waals surface area contributed by atoms with Crippen molar-refractivity contribution in [1.82, 2.24) is 0 Å². The molecule has 1 aromatic carbocycles. The molecule has 2 N–H and O–H groups in total. The Hall–Kier alpha value is -0.730. The van der Waals surface area contributed by atoms with Crippen molar-refractivity contribution in [3.8, 4) is 0 Å². The summed E-state index contributed by atoms with van der Waals surface area (Å²) in [4.78, 5) is 2.31. The Morgan fingerprint density at radius 3 is 2.53 bits per heavy atom. The molecule has 0 aliphatic carbocycles. The number of benzene rings is 1. The average molecular weight is 227 g/mol. The molecule has 0 saturated heterocycles. The highest BCUT2D eigenvalue weighted by molar-refractivity contribution is 6.31. The molecule has 0 heterocycles. The third-order valence-corrected chi connectivity index (χ3v) is 2.85. The Labute approximate surface area is 97.0 Å². The molecule has 0 aliphatic heterocycles. The minimum atomic E-state index is 0.499. The van der Waals surface area contributed by atoms with Gasteiger partial charge < -0.3 is 10.6 Å². The van der Waals surface area contributed by atoms with Crippen LogP contribution >= 0.6 is 11.6 Å². The summed E-state index contributed by atoms with van der Waals surface area (Å²) in [5.74, 6) is 0. The third-order valence-electron chi connectivity index (χ3n) is 2.50. The van der Waals surface area contributed by atoms with E-state index in [0.29, 0.717) is 6.54 Å². The first-order valence-electron chi connectivity index (χ1n) is 5.46. The van der Waals surface area contributed by atoms with E-state index in [2.05, 4.69) is 24.8 Å². The lowest BCUT2D eigenvalue weighted by Gasteiger charge is -2.23. The van der Waals surface area contributed by atoms with Crippen LogP contribution in [0.5, 0.6) is 0 Å². The van der Waals surface area contributed by atoms with E-state index in [-0.39, 0.29) is 0 Å². The second kappa shape index (κ2) is 5.99. The van der Waals surface area contributed by atoms with Gasteiger partial charge in [-0.25, -0.2) is 0 Å². The molecule has 0 radical (unpaired) electrons. The van der Waals surface area contributed by atoms with Crippen LogP contribution in [-0.2, 0) is 6.54 Å². The van der Waals surface area contributed by atoms with Crippen LogP contribution in [0.4, 0.5) is 5.69 Å². The highest BCUT2D eigenvalue weighted by Gasteiger charge is 2.05.